The molecule has 0 fully saturated rings. The van der Waals surface area contributed by atoms with E-state index in [1.165, 1.54) is 0 Å². The Balaban J connectivity index is 0.000000196. The topological polar surface area (TPSA) is 319 Å². The smallest absolute Gasteiger partial charge is 0.335 e. The summed E-state index contributed by atoms with van der Waals surface area (Å²) >= 11 is 0. The molecule has 6 aromatic carbocycles. The van der Waals surface area contributed by atoms with Gasteiger partial charge in [-0.25, -0.2) is 9.59 Å². The maximum atomic E-state index is 12.4. The van der Waals surface area contributed by atoms with Gasteiger partial charge >= 0.3 is 11.9 Å². The van der Waals surface area contributed by atoms with Gasteiger partial charge in [-0.3, -0.25) is 19.2 Å². The van der Waals surface area contributed by atoms with Gasteiger partial charge in [0.25, 0.3) is 23.6 Å². The summed E-state index contributed by atoms with van der Waals surface area (Å²) in [5, 5.41) is 63.4. The molecule has 5 N–H and O–H groups in total. The minimum atomic E-state index is -1.01. The van der Waals surface area contributed by atoms with Gasteiger partial charge in [-0.2, -0.15) is 15.6 Å². The molecule has 0 aliphatic rings. The van der Waals surface area contributed by atoms with Crippen molar-refractivity contribution in [3.8, 4) is 0 Å². The Kier molecular flexibility index (Phi) is 22.3. The van der Waals surface area contributed by atoms with Crippen molar-refractivity contribution in [1.29, 1.82) is 0 Å². The van der Waals surface area contributed by atoms with E-state index in [0.29, 0.717) is 70.8 Å². The minimum Gasteiger partial charge on any atom is -0.478 e. The summed E-state index contributed by atoms with van der Waals surface area (Å²) < 4.78 is 0. The Morgan fingerprint density at radius 3 is 0.630 bits per heavy atom. The fourth-order valence-electron chi connectivity index (χ4n) is 11.5. The van der Waals surface area contributed by atoms with Gasteiger partial charge in [0, 0.05) is 78.6 Å². The lowest BCUT2D eigenvalue weighted by Gasteiger charge is -2.34. The average molecular weight is 1250 g/mol. The van der Waals surface area contributed by atoms with Crippen molar-refractivity contribution < 1.29 is 39.0 Å². The Labute approximate surface area is 534 Å². The lowest BCUT2D eigenvalue weighted by Crippen LogP contribution is -2.33. The number of aromatic carboxylic acids is 2. The highest BCUT2D eigenvalue weighted by Crippen LogP contribution is 2.46. The van der Waals surface area contributed by atoms with Crippen LogP contribution in [0.2, 0.25) is 0 Å². The molecule has 0 saturated heterocycles. The lowest BCUT2D eigenvalue weighted by atomic mass is 9.68. The molecule has 0 unspecified atom stereocenters. The second-order valence-electron chi connectivity index (χ2n) is 24.6. The number of aromatic nitrogens is 12. The lowest BCUT2D eigenvalue weighted by molar-refractivity contribution is 0.0686. The van der Waals surface area contributed by atoms with Crippen LogP contribution >= 0.6 is 0 Å². The van der Waals surface area contributed by atoms with Crippen molar-refractivity contribution in [2.75, 3.05) is 56.4 Å². The molecular weight excluding hydrogens is 1170 g/mol. The van der Waals surface area contributed by atoms with Crippen LogP contribution in [0.4, 0.5) is 0 Å². The number of benzene rings is 6. The maximum absolute atomic E-state index is 12.4. The van der Waals surface area contributed by atoms with Crippen LogP contribution in [0.3, 0.4) is 0 Å². The van der Waals surface area contributed by atoms with Gasteiger partial charge < -0.3 is 29.8 Å². The van der Waals surface area contributed by atoms with Crippen LogP contribution in [0.25, 0.3) is 0 Å². The normalized spacial score (nSPS) is 11.5. The van der Waals surface area contributed by atoms with Crippen LogP contribution in [0, 0.1) is 17.8 Å². The molecule has 0 radical (unpaired) electrons. The largest absolute Gasteiger partial charge is 0.478 e. The number of carboxylic acid groups (broad SMARTS) is 2. The molecule has 0 saturated carbocycles. The van der Waals surface area contributed by atoms with E-state index in [-0.39, 0.29) is 40.7 Å². The highest BCUT2D eigenvalue weighted by molar-refractivity contribution is 5.96. The van der Waals surface area contributed by atoms with Crippen LogP contribution in [0.1, 0.15) is 174 Å². The van der Waals surface area contributed by atoms with Crippen LogP contribution in [0.15, 0.2) is 146 Å². The Bertz CT molecular complexity index is 3530. The fraction of sp³-hybridized carbons (Fsp3) is 0.338. The number of hydrogen-bond donors (Lipinski definition) is 5. The highest BCUT2D eigenvalue weighted by atomic mass is 16.4. The monoisotopic (exact) mass is 1250 g/mol. The zero-order valence-corrected chi connectivity index (χ0v) is 54.4. The van der Waals surface area contributed by atoms with Gasteiger partial charge in [-0.1, -0.05) is 130 Å². The average Bonchev–Trinajstić information content (AvgIpc) is 1.20. The number of hydrogen-bond acceptors (Lipinski definition) is 15. The third kappa shape index (κ3) is 15.1. The number of aromatic amines is 3. The molecule has 3 aromatic heterocycles. The molecule has 92 heavy (non-hydrogen) atoms. The van der Waals surface area contributed by atoms with E-state index in [4.69, 9.17) is 0 Å². The van der Waals surface area contributed by atoms with E-state index >= 15 is 0 Å². The van der Waals surface area contributed by atoms with E-state index in [1.54, 1.807) is 125 Å². The summed E-state index contributed by atoms with van der Waals surface area (Å²) in [5.74, 6) is 0.124. The first kappa shape index (κ1) is 68.8. The Morgan fingerprint density at radius 2 is 0.500 bits per heavy atom. The SMILES string of the molecule is CC(C)CC(c1ccc(C(=O)N(C)C)cc1)(c1ccc(C(=O)N(C)C)cc1)c1nn[nH]n1.CC(C)CC(c1ccc(C(=O)N(C)C)cc1)(c1ccc(C(=O)N(C)C)cc1)c1nn[nH]n1.CC(C)CC(c1ccc(C(=O)O)cc1)(c1ccc(C(=O)O)cc1)c1nn[nH]n1. The summed E-state index contributed by atoms with van der Waals surface area (Å²) in [6.07, 6.45) is 2.05. The van der Waals surface area contributed by atoms with E-state index in [9.17, 15) is 39.0 Å². The fourth-order valence-corrected chi connectivity index (χ4v) is 11.5. The second-order valence-corrected chi connectivity index (χ2v) is 24.6. The first-order valence-electron chi connectivity index (χ1n) is 29.9. The van der Waals surface area contributed by atoms with Crippen molar-refractivity contribution in [1.82, 2.24) is 81.5 Å². The molecule has 0 aliphatic carbocycles. The van der Waals surface area contributed by atoms with E-state index in [1.807, 2.05) is 97.1 Å². The summed E-state index contributed by atoms with van der Waals surface area (Å²) in [6, 6.07) is 43.4. The van der Waals surface area contributed by atoms with Crippen molar-refractivity contribution in [3.63, 3.8) is 0 Å². The number of carbonyl (C=O) groups excluding carboxylic acids is 4. The molecule has 0 aliphatic heterocycles. The van der Waals surface area contributed by atoms with Crippen LogP contribution in [0.5, 0.6) is 0 Å². The van der Waals surface area contributed by atoms with Gasteiger partial charge in [0.05, 0.1) is 27.4 Å². The van der Waals surface area contributed by atoms with E-state index in [0.717, 1.165) is 33.4 Å². The van der Waals surface area contributed by atoms with E-state index < -0.39 is 28.2 Å². The van der Waals surface area contributed by atoms with Gasteiger partial charge in [0.15, 0.2) is 17.5 Å². The summed E-state index contributed by atoms with van der Waals surface area (Å²) in [4.78, 5) is 78.2. The zero-order chi connectivity index (χ0) is 67.2. The van der Waals surface area contributed by atoms with Crippen LogP contribution < -0.4 is 0 Å². The standard InChI is InChI=1S/2C24H30N6O2.C20H20N4O4/c2*1-16(2)15-24(23-25-27-28-26-23,19-11-7-17(8-12-19)21(31)29(3)4)20-13-9-18(10-14-20)22(32)30(5)6;1-12(2)11-20(19-21-23-24-22-19,15-7-3-13(4-8-15)17(25)26)16-9-5-14(6-10-16)18(27)28/h2*7-14,16H,15H2,1-6H3,(H,25,26,27,28);3-10,12H,11H2,1-2H3,(H,25,26)(H,27,28)(H,21,22,23,24). The zero-order valence-electron chi connectivity index (χ0n) is 54.4. The predicted molar refractivity (Wildman–Crippen MR) is 345 cm³/mol. The summed E-state index contributed by atoms with van der Waals surface area (Å²) in [6.45, 7) is 12.7. The number of amides is 4. The number of rotatable bonds is 21. The Hall–Kier alpha value is -10.7. The van der Waals surface area contributed by atoms with Crippen LogP contribution in [-0.2, 0) is 16.2 Å². The predicted octanol–water partition coefficient (Wildman–Crippen LogP) is 8.94. The van der Waals surface area contributed by atoms with Gasteiger partial charge in [-0.05, 0) is 143 Å². The third-order valence-corrected chi connectivity index (χ3v) is 15.7. The first-order valence-corrected chi connectivity index (χ1v) is 29.9. The molecule has 9 rings (SSSR count). The highest BCUT2D eigenvalue weighted by Gasteiger charge is 2.44. The Morgan fingerprint density at radius 1 is 0.326 bits per heavy atom. The van der Waals surface area contributed by atoms with Gasteiger partial charge in [0.1, 0.15) is 0 Å². The third-order valence-electron chi connectivity index (χ3n) is 15.7. The summed E-state index contributed by atoms with van der Waals surface area (Å²) in [5.41, 5.74) is 6.01. The second kappa shape index (κ2) is 29.8. The summed E-state index contributed by atoms with van der Waals surface area (Å²) in [7, 11) is 13.9. The molecule has 3 heterocycles. The van der Waals surface area contributed by atoms with Crippen molar-refractivity contribution in [2.24, 2.45) is 17.8 Å². The molecule has 24 heteroatoms. The number of H-pyrrole nitrogens is 3. The van der Waals surface area contributed by atoms with E-state index in [2.05, 4.69) is 103 Å². The van der Waals surface area contributed by atoms with Crippen molar-refractivity contribution in [3.05, 3.63) is 230 Å². The molecule has 24 nitrogen and oxygen atoms in total. The number of carboxylic acids is 2. The quantitative estimate of drug-likeness (QED) is 0.0448. The number of nitrogens with one attached hydrogen (secondary N) is 3. The maximum Gasteiger partial charge on any atom is 0.335 e. The number of nitrogens with zero attached hydrogens (tertiary/aromatic N) is 13. The molecule has 4 amide bonds. The molecule has 9 aromatic rings. The molecule has 0 spiro atoms. The van der Waals surface area contributed by atoms with Crippen molar-refractivity contribution in [2.45, 2.75) is 77.0 Å². The van der Waals surface area contributed by atoms with Gasteiger partial charge in [0.2, 0.25) is 0 Å². The molecule has 0 bridgehead atoms. The molecule has 0 atom stereocenters. The van der Waals surface area contributed by atoms with Gasteiger partial charge in [-0.15, -0.1) is 30.6 Å². The van der Waals surface area contributed by atoms with Crippen molar-refractivity contribution >= 4 is 35.6 Å². The molecular formula is C68H80N16O8. The van der Waals surface area contributed by atoms with Crippen LogP contribution in [-0.4, -0.2) is 184 Å². The number of carbonyl (C=O) groups is 6. The first-order chi connectivity index (χ1) is 43.7. The minimum absolute atomic E-state index is 0.0582. The molecule has 480 valence electrons. The number of tetrazole rings is 3.